The Hall–Kier alpha value is -0.910. The molecule has 0 spiro atoms. The molecule has 0 bridgehead atoms. The van der Waals surface area contributed by atoms with Crippen LogP contribution in [-0.4, -0.2) is 38.4 Å². The number of thiophene rings is 1. The lowest BCUT2D eigenvalue weighted by molar-refractivity contribution is -0.129. The summed E-state index contributed by atoms with van der Waals surface area (Å²) in [5, 5.41) is 7.34. The predicted octanol–water partition coefficient (Wildman–Crippen LogP) is 1.85. The molecular weight excluding hydrogens is 274 g/mol. The first-order valence-electron chi connectivity index (χ1n) is 7.20. The van der Waals surface area contributed by atoms with Crippen LogP contribution in [-0.2, 0) is 20.7 Å². The number of amides is 1. The third-order valence-electron chi connectivity index (χ3n) is 4.44. The average molecular weight is 295 g/mol. The lowest BCUT2D eigenvalue weighted by Gasteiger charge is -2.47. The molecule has 4 nitrogen and oxygen atoms in total. The highest BCUT2D eigenvalue weighted by Crippen LogP contribution is 2.43. The summed E-state index contributed by atoms with van der Waals surface area (Å²) in [6.45, 7) is 1.48. The molecule has 1 aliphatic carbocycles. The number of aryl methyl sites for hydroxylation is 1. The van der Waals surface area contributed by atoms with Crippen molar-refractivity contribution < 1.29 is 14.3 Å². The Balaban J connectivity index is 1.49. The molecular formula is C15H21NO3S. The Morgan fingerprint density at radius 1 is 1.60 bits per heavy atom. The molecule has 2 aliphatic rings. The van der Waals surface area contributed by atoms with Gasteiger partial charge < -0.3 is 14.8 Å². The normalized spacial score (nSPS) is 31.6. The lowest BCUT2D eigenvalue weighted by Crippen LogP contribution is -2.62. The van der Waals surface area contributed by atoms with Crippen LogP contribution >= 0.6 is 11.3 Å². The predicted molar refractivity (Wildman–Crippen MR) is 77.8 cm³/mol. The molecule has 110 valence electrons. The van der Waals surface area contributed by atoms with Crippen LogP contribution in [0.3, 0.4) is 0 Å². The first kappa shape index (κ1) is 14.0. The Kier molecular flexibility index (Phi) is 4.38. The molecule has 0 unspecified atom stereocenters. The topological polar surface area (TPSA) is 47.6 Å². The van der Waals surface area contributed by atoms with Crippen LogP contribution in [0.4, 0.5) is 0 Å². The summed E-state index contributed by atoms with van der Waals surface area (Å²) in [5.74, 6) is 0.950. The minimum Gasteiger partial charge on any atom is -0.384 e. The smallest absolute Gasteiger partial charge is 0.220 e. The van der Waals surface area contributed by atoms with Gasteiger partial charge in [0, 0.05) is 38.0 Å². The van der Waals surface area contributed by atoms with Crippen molar-refractivity contribution in [3.05, 3.63) is 22.4 Å². The van der Waals surface area contributed by atoms with Gasteiger partial charge in [-0.25, -0.2) is 0 Å². The van der Waals surface area contributed by atoms with E-state index in [1.807, 2.05) is 5.38 Å². The first-order chi connectivity index (χ1) is 9.79. The second-order valence-electron chi connectivity index (χ2n) is 5.63. The van der Waals surface area contributed by atoms with Gasteiger partial charge in [-0.3, -0.25) is 4.79 Å². The van der Waals surface area contributed by atoms with Crippen LogP contribution in [0.2, 0.25) is 0 Å². The SMILES string of the molecule is COC[C@H]1[C@@H](NC(=O)CCc2ccsc2)[C@H]2CCO[C@H]21. The fourth-order valence-corrected chi connectivity index (χ4v) is 4.09. The highest BCUT2D eigenvalue weighted by atomic mass is 32.1. The molecule has 1 saturated carbocycles. The van der Waals surface area contributed by atoms with Crippen LogP contribution in [0.1, 0.15) is 18.4 Å². The molecule has 2 fully saturated rings. The Labute approximate surface area is 123 Å². The number of carbonyl (C=O) groups excluding carboxylic acids is 1. The van der Waals surface area contributed by atoms with Crippen LogP contribution in [0.25, 0.3) is 0 Å². The molecule has 20 heavy (non-hydrogen) atoms. The second-order valence-corrected chi connectivity index (χ2v) is 6.41. The van der Waals surface area contributed by atoms with E-state index < -0.39 is 0 Å². The zero-order valence-electron chi connectivity index (χ0n) is 11.7. The van der Waals surface area contributed by atoms with E-state index in [-0.39, 0.29) is 18.1 Å². The summed E-state index contributed by atoms with van der Waals surface area (Å²) in [5.41, 5.74) is 1.24. The molecule has 1 aromatic rings. The van der Waals surface area contributed by atoms with Gasteiger partial charge in [-0.15, -0.1) is 0 Å². The minimum absolute atomic E-state index is 0.146. The number of ether oxygens (including phenoxy) is 2. The zero-order chi connectivity index (χ0) is 13.9. The Morgan fingerprint density at radius 3 is 3.25 bits per heavy atom. The second kappa shape index (κ2) is 6.24. The average Bonchev–Trinajstić information content (AvgIpc) is 3.09. The van der Waals surface area contributed by atoms with Crippen molar-refractivity contribution in [2.75, 3.05) is 20.3 Å². The molecule has 0 aromatic carbocycles. The number of fused-ring (bicyclic) bond motifs is 1. The van der Waals surface area contributed by atoms with E-state index in [1.54, 1.807) is 18.4 Å². The number of methoxy groups -OCH3 is 1. The third kappa shape index (κ3) is 2.75. The highest BCUT2D eigenvalue weighted by molar-refractivity contribution is 7.07. The summed E-state index contributed by atoms with van der Waals surface area (Å²) in [4.78, 5) is 12.1. The van der Waals surface area contributed by atoms with Crippen LogP contribution in [0.5, 0.6) is 0 Å². The van der Waals surface area contributed by atoms with Gasteiger partial charge in [-0.05, 0) is 35.2 Å². The Morgan fingerprint density at radius 2 is 2.50 bits per heavy atom. The number of nitrogens with one attached hydrogen (secondary N) is 1. The van der Waals surface area contributed by atoms with Crippen molar-refractivity contribution in [1.29, 1.82) is 0 Å². The molecule has 1 saturated heterocycles. The van der Waals surface area contributed by atoms with Crippen molar-refractivity contribution >= 4 is 17.2 Å². The van der Waals surface area contributed by atoms with Gasteiger partial charge in [-0.2, -0.15) is 11.3 Å². The van der Waals surface area contributed by atoms with E-state index in [1.165, 1.54) is 5.56 Å². The van der Waals surface area contributed by atoms with Gasteiger partial charge >= 0.3 is 0 Å². The number of rotatable bonds is 6. The zero-order valence-corrected chi connectivity index (χ0v) is 12.5. The number of carbonyl (C=O) groups is 1. The van der Waals surface area contributed by atoms with Gasteiger partial charge in [0.05, 0.1) is 12.7 Å². The van der Waals surface area contributed by atoms with E-state index >= 15 is 0 Å². The third-order valence-corrected chi connectivity index (χ3v) is 5.17. The summed E-state index contributed by atoms with van der Waals surface area (Å²) in [7, 11) is 1.71. The van der Waals surface area contributed by atoms with E-state index in [4.69, 9.17) is 9.47 Å². The maximum absolute atomic E-state index is 12.1. The first-order valence-corrected chi connectivity index (χ1v) is 8.15. The fourth-order valence-electron chi connectivity index (χ4n) is 3.39. The maximum Gasteiger partial charge on any atom is 0.220 e. The summed E-state index contributed by atoms with van der Waals surface area (Å²) in [6.07, 6.45) is 2.73. The number of hydrogen-bond donors (Lipinski definition) is 1. The van der Waals surface area contributed by atoms with Crippen molar-refractivity contribution in [2.45, 2.75) is 31.4 Å². The molecule has 1 N–H and O–H groups in total. The monoisotopic (exact) mass is 295 g/mol. The quantitative estimate of drug-likeness (QED) is 0.871. The molecule has 1 amide bonds. The van der Waals surface area contributed by atoms with E-state index in [9.17, 15) is 4.79 Å². The van der Waals surface area contributed by atoms with Gasteiger partial charge in [0.15, 0.2) is 0 Å². The van der Waals surface area contributed by atoms with Crippen LogP contribution in [0.15, 0.2) is 16.8 Å². The van der Waals surface area contributed by atoms with Gasteiger partial charge in [0.2, 0.25) is 5.91 Å². The largest absolute Gasteiger partial charge is 0.384 e. The lowest BCUT2D eigenvalue weighted by atomic mass is 9.67. The summed E-state index contributed by atoms with van der Waals surface area (Å²) in [6, 6.07) is 2.31. The van der Waals surface area contributed by atoms with E-state index in [2.05, 4.69) is 16.8 Å². The van der Waals surface area contributed by atoms with Crippen LogP contribution in [0, 0.1) is 11.8 Å². The standard InChI is InChI=1S/C15H21NO3S/c1-18-8-12-14(11-4-6-19-15(11)12)16-13(17)3-2-10-5-7-20-9-10/h5,7,9,11-12,14-15H,2-4,6,8H2,1H3,(H,16,17)/t11-,12+,14+,15-/m1/s1. The minimum atomic E-state index is 0.146. The van der Waals surface area contributed by atoms with Crippen LogP contribution < -0.4 is 5.32 Å². The van der Waals surface area contributed by atoms with Crippen molar-refractivity contribution in [3.63, 3.8) is 0 Å². The molecule has 5 heteroatoms. The van der Waals surface area contributed by atoms with E-state index in [0.29, 0.717) is 24.9 Å². The fraction of sp³-hybridized carbons (Fsp3) is 0.667. The number of hydrogen-bond acceptors (Lipinski definition) is 4. The molecule has 4 atom stereocenters. The van der Waals surface area contributed by atoms with Crippen molar-refractivity contribution in [1.82, 2.24) is 5.32 Å². The summed E-state index contributed by atoms with van der Waals surface area (Å²) >= 11 is 1.68. The molecule has 1 aromatic heterocycles. The van der Waals surface area contributed by atoms with Crippen molar-refractivity contribution in [3.8, 4) is 0 Å². The summed E-state index contributed by atoms with van der Waals surface area (Å²) < 4.78 is 11.0. The highest BCUT2D eigenvalue weighted by Gasteiger charge is 2.54. The Bertz CT molecular complexity index is 448. The maximum atomic E-state index is 12.1. The van der Waals surface area contributed by atoms with Gasteiger partial charge in [-0.1, -0.05) is 0 Å². The molecule has 1 aliphatic heterocycles. The molecule has 0 radical (unpaired) electrons. The van der Waals surface area contributed by atoms with Crippen molar-refractivity contribution in [2.24, 2.45) is 11.8 Å². The van der Waals surface area contributed by atoms with Gasteiger partial charge in [0.1, 0.15) is 0 Å². The van der Waals surface area contributed by atoms with E-state index in [0.717, 1.165) is 19.4 Å². The molecule has 2 heterocycles. The van der Waals surface area contributed by atoms with Gasteiger partial charge in [0.25, 0.3) is 0 Å². The molecule has 3 rings (SSSR count).